The Morgan fingerprint density at radius 3 is 2.17 bits per heavy atom. The summed E-state index contributed by atoms with van der Waals surface area (Å²) < 4.78 is 28.0. The van der Waals surface area contributed by atoms with Gasteiger partial charge in [-0.25, -0.2) is 8.42 Å². The molecule has 1 atom stereocenters. The van der Waals surface area contributed by atoms with Crippen LogP contribution in [-0.4, -0.2) is 50.0 Å². The second kappa shape index (κ2) is 14.1. The highest BCUT2D eigenvalue weighted by Crippen LogP contribution is 2.24. The van der Waals surface area contributed by atoms with Crippen LogP contribution in [-0.2, 0) is 32.6 Å². The maximum absolute atomic E-state index is 14.2. The summed E-state index contributed by atoms with van der Waals surface area (Å²) in [5.74, 6) is -0.658. The van der Waals surface area contributed by atoms with Crippen LogP contribution < -0.4 is 9.62 Å². The Morgan fingerprint density at radius 2 is 1.54 bits per heavy atom. The van der Waals surface area contributed by atoms with E-state index >= 15 is 0 Å². The highest BCUT2D eigenvalue weighted by atomic mass is 79.9. The van der Waals surface area contributed by atoms with Crippen molar-refractivity contribution in [3.05, 3.63) is 100 Å². The minimum atomic E-state index is -3.80. The molecule has 3 aromatic rings. The molecular formula is C32H38BrN3O4S. The minimum absolute atomic E-state index is 0.0682. The van der Waals surface area contributed by atoms with Gasteiger partial charge in [-0.15, -0.1) is 0 Å². The molecule has 0 saturated heterocycles. The van der Waals surface area contributed by atoms with Crippen molar-refractivity contribution in [1.29, 1.82) is 0 Å². The Bertz CT molecular complexity index is 1420. The largest absolute Gasteiger partial charge is 0.352 e. The van der Waals surface area contributed by atoms with Gasteiger partial charge in [0.25, 0.3) is 0 Å². The highest BCUT2D eigenvalue weighted by Gasteiger charge is 2.34. The third kappa shape index (κ3) is 8.66. The van der Waals surface area contributed by atoms with Gasteiger partial charge in [0, 0.05) is 23.5 Å². The van der Waals surface area contributed by atoms with Gasteiger partial charge in [0.15, 0.2) is 0 Å². The lowest BCUT2D eigenvalue weighted by Crippen LogP contribution is -2.55. The zero-order chi connectivity index (χ0) is 29.4. The van der Waals surface area contributed by atoms with Crippen LogP contribution >= 0.6 is 15.9 Å². The summed E-state index contributed by atoms with van der Waals surface area (Å²) in [7, 11) is -3.80. The number of aryl methyl sites for hydroxylation is 1. The summed E-state index contributed by atoms with van der Waals surface area (Å²) in [6.45, 7) is 1.56. The summed E-state index contributed by atoms with van der Waals surface area (Å²) in [6.07, 6.45) is 6.53. The highest BCUT2D eigenvalue weighted by molar-refractivity contribution is 9.10. The predicted molar refractivity (Wildman–Crippen MR) is 167 cm³/mol. The van der Waals surface area contributed by atoms with E-state index in [0.717, 1.165) is 63.8 Å². The Labute approximate surface area is 252 Å². The van der Waals surface area contributed by atoms with Gasteiger partial charge in [-0.1, -0.05) is 95.9 Å². The van der Waals surface area contributed by atoms with Gasteiger partial charge in [-0.3, -0.25) is 13.9 Å². The first-order valence-electron chi connectivity index (χ1n) is 14.0. The molecular weight excluding hydrogens is 602 g/mol. The van der Waals surface area contributed by atoms with E-state index < -0.39 is 28.5 Å². The molecule has 0 bridgehead atoms. The molecule has 1 aliphatic carbocycles. The number of rotatable bonds is 11. The van der Waals surface area contributed by atoms with Crippen molar-refractivity contribution in [2.75, 3.05) is 17.1 Å². The van der Waals surface area contributed by atoms with Gasteiger partial charge >= 0.3 is 0 Å². The standard InChI is InChI=1S/C32H38BrN3O4S/c1-24-11-9-10-16-29(24)36(41(2,39)40)23-31(37)35(22-26-17-19-27(33)20-18-26)30(21-25-12-5-3-6-13-25)32(38)34-28-14-7-4-8-15-28/h3,5-6,9-13,16-20,28,30H,4,7-8,14-15,21-23H2,1-2H3,(H,34,38)/t30-/m0/s1. The first-order chi connectivity index (χ1) is 19.6. The number of hydrogen-bond donors (Lipinski definition) is 1. The van der Waals surface area contributed by atoms with E-state index in [1.807, 2.05) is 73.7 Å². The smallest absolute Gasteiger partial charge is 0.244 e. The molecule has 0 aliphatic heterocycles. The van der Waals surface area contributed by atoms with Crippen molar-refractivity contribution in [2.45, 2.75) is 64.1 Å². The molecule has 41 heavy (non-hydrogen) atoms. The lowest BCUT2D eigenvalue weighted by molar-refractivity contribution is -0.140. The van der Waals surface area contributed by atoms with Gasteiger partial charge in [0.1, 0.15) is 12.6 Å². The molecule has 3 aromatic carbocycles. The number of carbonyl (C=O) groups excluding carboxylic acids is 2. The van der Waals surface area contributed by atoms with E-state index in [1.54, 1.807) is 17.0 Å². The summed E-state index contributed by atoms with van der Waals surface area (Å²) in [6, 6.07) is 23.5. The van der Waals surface area contributed by atoms with Crippen molar-refractivity contribution < 1.29 is 18.0 Å². The maximum atomic E-state index is 14.2. The third-order valence-corrected chi connectivity index (χ3v) is 9.21. The summed E-state index contributed by atoms with van der Waals surface area (Å²) >= 11 is 3.46. The minimum Gasteiger partial charge on any atom is -0.352 e. The van der Waals surface area contributed by atoms with E-state index in [4.69, 9.17) is 0 Å². The van der Waals surface area contributed by atoms with Crippen LogP contribution in [0, 0.1) is 6.92 Å². The van der Waals surface area contributed by atoms with Crippen molar-refractivity contribution in [2.24, 2.45) is 0 Å². The van der Waals surface area contributed by atoms with Crippen LogP contribution in [0.2, 0.25) is 0 Å². The molecule has 218 valence electrons. The number of halogens is 1. The van der Waals surface area contributed by atoms with Crippen molar-refractivity contribution in [1.82, 2.24) is 10.2 Å². The molecule has 0 heterocycles. The number of anilines is 1. The van der Waals surface area contributed by atoms with E-state index in [9.17, 15) is 18.0 Å². The van der Waals surface area contributed by atoms with Crippen LogP contribution in [0.5, 0.6) is 0 Å². The van der Waals surface area contributed by atoms with Gasteiger partial charge in [-0.2, -0.15) is 0 Å². The third-order valence-electron chi connectivity index (χ3n) is 7.55. The molecule has 0 unspecified atom stereocenters. The number of para-hydroxylation sites is 1. The quantitative estimate of drug-likeness (QED) is 0.295. The first kappa shape index (κ1) is 30.8. The van der Waals surface area contributed by atoms with Crippen LogP contribution in [0.3, 0.4) is 0 Å². The van der Waals surface area contributed by atoms with Gasteiger partial charge in [0.05, 0.1) is 11.9 Å². The molecule has 7 nitrogen and oxygen atoms in total. The van der Waals surface area contributed by atoms with Gasteiger partial charge < -0.3 is 10.2 Å². The molecule has 9 heteroatoms. The maximum Gasteiger partial charge on any atom is 0.244 e. The second-order valence-corrected chi connectivity index (χ2v) is 13.6. The zero-order valence-electron chi connectivity index (χ0n) is 23.6. The van der Waals surface area contributed by atoms with Crippen LogP contribution in [0.15, 0.2) is 83.3 Å². The molecule has 0 aromatic heterocycles. The summed E-state index contributed by atoms with van der Waals surface area (Å²) in [4.78, 5) is 29.7. The summed E-state index contributed by atoms with van der Waals surface area (Å²) in [5.41, 5.74) is 2.94. The number of nitrogens with zero attached hydrogens (tertiary/aromatic N) is 2. The fourth-order valence-corrected chi connectivity index (χ4v) is 6.49. The SMILES string of the molecule is Cc1ccccc1N(CC(=O)N(Cc1ccc(Br)cc1)[C@@H](Cc1ccccc1)C(=O)NC1CCCCC1)S(C)(=O)=O. The normalized spacial score (nSPS) is 14.7. The molecule has 4 rings (SSSR count). The van der Waals surface area contributed by atoms with Gasteiger partial charge in [-0.05, 0) is 54.7 Å². The van der Waals surface area contributed by atoms with Crippen molar-refractivity contribution in [3.8, 4) is 0 Å². The van der Waals surface area contributed by atoms with Crippen molar-refractivity contribution >= 4 is 43.5 Å². The zero-order valence-corrected chi connectivity index (χ0v) is 26.0. The fraction of sp³-hybridized carbons (Fsp3) is 0.375. The molecule has 1 N–H and O–H groups in total. The van der Waals surface area contributed by atoms with Crippen molar-refractivity contribution in [3.63, 3.8) is 0 Å². The number of nitrogens with one attached hydrogen (secondary N) is 1. The Morgan fingerprint density at radius 1 is 0.902 bits per heavy atom. The lowest BCUT2D eigenvalue weighted by atomic mass is 9.94. The molecule has 1 fully saturated rings. The monoisotopic (exact) mass is 639 g/mol. The molecule has 1 saturated carbocycles. The number of sulfonamides is 1. The lowest BCUT2D eigenvalue weighted by Gasteiger charge is -2.35. The number of hydrogen-bond acceptors (Lipinski definition) is 4. The summed E-state index contributed by atoms with van der Waals surface area (Å²) in [5, 5.41) is 3.22. The average Bonchev–Trinajstić information content (AvgIpc) is 2.95. The second-order valence-electron chi connectivity index (χ2n) is 10.8. The molecule has 1 aliphatic rings. The van der Waals surface area contributed by atoms with E-state index in [0.29, 0.717) is 12.1 Å². The van der Waals surface area contributed by atoms with E-state index in [2.05, 4.69) is 21.2 Å². The molecule has 0 radical (unpaired) electrons. The average molecular weight is 641 g/mol. The van der Waals surface area contributed by atoms with Crippen LogP contribution in [0.25, 0.3) is 0 Å². The Balaban J connectivity index is 1.72. The predicted octanol–water partition coefficient (Wildman–Crippen LogP) is 5.61. The fourth-order valence-electron chi connectivity index (χ4n) is 5.32. The number of benzene rings is 3. The first-order valence-corrected chi connectivity index (χ1v) is 16.7. The molecule has 0 spiro atoms. The Kier molecular flexibility index (Phi) is 10.6. The van der Waals surface area contributed by atoms with Crippen LogP contribution in [0.1, 0.15) is 48.8 Å². The van der Waals surface area contributed by atoms with E-state index in [-0.39, 0.29) is 18.5 Å². The van der Waals surface area contributed by atoms with Crippen LogP contribution in [0.4, 0.5) is 5.69 Å². The topological polar surface area (TPSA) is 86.8 Å². The number of amides is 2. The molecule has 2 amide bonds. The number of carbonyl (C=O) groups is 2. The van der Waals surface area contributed by atoms with Gasteiger partial charge in [0.2, 0.25) is 21.8 Å². The van der Waals surface area contributed by atoms with E-state index in [1.165, 1.54) is 0 Å². The Hall–Kier alpha value is -3.17.